The zero-order chi connectivity index (χ0) is 22.1. The molecule has 4 N–H and O–H groups in total. The molecule has 1 atom stereocenters. The van der Waals surface area contributed by atoms with E-state index in [9.17, 15) is 5.11 Å². The van der Waals surface area contributed by atoms with Gasteiger partial charge in [0.2, 0.25) is 0 Å². The molecule has 3 rings (SSSR count). The highest BCUT2D eigenvalue weighted by molar-refractivity contribution is 7.19. The Morgan fingerprint density at radius 3 is 2.71 bits per heavy atom. The summed E-state index contributed by atoms with van der Waals surface area (Å²) in [5.74, 6) is 1.81. The van der Waals surface area contributed by atoms with Crippen molar-refractivity contribution < 1.29 is 19.7 Å². The molecule has 2 aromatic carbocycles. The molecule has 8 heteroatoms. The molecule has 0 aliphatic rings. The highest BCUT2D eigenvalue weighted by atomic mass is 32.1. The summed E-state index contributed by atoms with van der Waals surface area (Å²) in [5.41, 5.74) is 0.954. The number of aliphatic hydroxyl groups is 2. The third-order valence-corrected chi connectivity index (χ3v) is 5.79. The van der Waals surface area contributed by atoms with Crippen LogP contribution in [0.25, 0.3) is 10.1 Å². The number of rotatable bonds is 10. The lowest BCUT2D eigenvalue weighted by Crippen LogP contribution is -2.39. The number of methoxy groups -OCH3 is 1. The number of nitrogens with one attached hydrogen (secondary N) is 2. The first-order chi connectivity index (χ1) is 15.1. The molecule has 0 fully saturated rings. The predicted molar refractivity (Wildman–Crippen MR) is 125 cm³/mol. The molecule has 0 saturated carbocycles. The van der Waals surface area contributed by atoms with Crippen molar-refractivity contribution in [3.63, 3.8) is 0 Å². The average molecular weight is 444 g/mol. The van der Waals surface area contributed by atoms with Crippen LogP contribution in [0, 0.1) is 0 Å². The van der Waals surface area contributed by atoms with Crippen molar-refractivity contribution in [3.05, 3.63) is 59.0 Å². The molecule has 0 amide bonds. The van der Waals surface area contributed by atoms with Gasteiger partial charge in [0, 0.05) is 22.7 Å². The van der Waals surface area contributed by atoms with E-state index in [0.29, 0.717) is 37.1 Å². The van der Waals surface area contributed by atoms with Crippen LogP contribution in [0.1, 0.15) is 23.5 Å². The Balaban J connectivity index is 1.63. The summed E-state index contributed by atoms with van der Waals surface area (Å²) in [7, 11) is 1.58. The molecular formula is C23H29N3O4S. The van der Waals surface area contributed by atoms with E-state index in [4.69, 9.17) is 14.6 Å². The number of hydrogen-bond acceptors (Lipinski definition) is 6. The summed E-state index contributed by atoms with van der Waals surface area (Å²) in [6.45, 7) is 3.66. The van der Waals surface area contributed by atoms with Gasteiger partial charge in [-0.25, -0.2) is 4.99 Å². The third-order valence-electron chi connectivity index (χ3n) is 4.58. The Morgan fingerprint density at radius 2 is 1.97 bits per heavy atom. The van der Waals surface area contributed by atoms with E-state index >= 15 is 0 Å². The molecule has 0 spiro atoms. The van der Waals surface area contributed by atoms with Crippen molar-refractivity contribution in [1.29, 1.82) is 0 Å². The van der Waals surface area contributed by atoms with Crippen LogP contribution in [0.3, 0.4) is 0 Å². The van der Waals surface area contributed by atoms with Crippen molar-refractivity contribution in [1.82, 2.24) is 10.6 Å². The van der Waals surface area contributed by atoms with Crippen molar-refractivity contribution in [3.8, 4) is 11.5 Å². The fraction of sp³-hybridized carbons (Fsp3) is 0.348. The SMILES string of the molecule is CCNC(=NCc1ccc(OCCO)c(OC)c1)NCC(O)c1cc2ccccc2s1. The van der Waals surface area contributed by atoms with Crippen LogP contribution < -0.4 is 20.1 Å². The first kappa shape index (κ1) is 22.9. The molecule has 0 aliphatic heterocycles. The van der Waals surface area contributed by atoms with Crippen LogP contribution in [-0.4, -0.2) is 49.6 Å². The van der Waals surface area contributed by atoms with Crippen LogP contribution in [0.2, 0.25) is 0 Å². The van der Waals surface area contributed by atoms with Crippen LogP contribution in [0.4, 0.5) is 0 Å². The van der Waals surface area contributed by atoms with E-state index in [1.165, 1.54) is 0 Å². The quantitative estimate of drug-likeness (QED) is 0.284. The summed E-state index contributed by atoms with van der Waals surface area (Å²) in [6, 6.07) is 15.7. The number of aliphatic imine (C=N–C) groups is 1. The summed E-state index contributed by atoms with van der Waals surface area (Å²) >= 11 is 1.60. The minimum atomic E-state index is -0.621. The standard InChI is InChI=1S/C23H29N3O4S/c1-3-24-23(25-14-16-8-9-19(30-11-10-27)20(12-16)29-2)26-15-18(28)22-13-17-6-4-5-7-21(17)31-22/h4-9,12-13,18,27-28H,3,10-11,14-15H2,1-2H3,(H2,24,25,26). The topological polar surface area (TPSA) is 95.3 Å². The fourth-order valence-electron chi connectivity index (χ4n) is 3.06. The van der Waals surface area contributed by atoms with Gasteiger partial charge in [0.05, 0.1) is 20.3 Å². The van der Waals surface area contributed by atoms with E-state index in [2.05, 4.69) is 27.8 Å². The summed E-state index contributed by atoms with van der Waals surface area (Å²) in [4.78, 5) is 5.53. The number of fused-ring (bicyclic) bond motifs is 1. The van der Waals surface area contributed by atoms with E-state index in [1.807, 2.05) is 43.3 Å². The minimum absolute atomic E-state index is 0.0553. The summed E-state index contributed by atoms with van der Waals surface area (Å²) < 4.78 is 12.0. The molecule has 3 aromatic rings. The molecule has 1 aromatic heterocycles. The van der Waals surface area contributed by atoms with Gasteiger partial charge in [-0.2, -0.15) is 0 Å². The van der Waals surface area contributed by atoms with Gasteiger partial charge in [0.15, 0.2) is 17.5 Å². The highest BCUT2D eigenvalue weighted by Gasteiger charge is 2.12. The zero-order valence-corrected chi connectivity index (χ0v) is 18.6. The average Bonchev–Trinajstić information content (AvgIpc) is 3.24. The van der Waals surface area contributed by atoms with E-state index in [1.54, 1.807) is 18.4 Å². The van der Waals surface area contributed by atoms with Crippen molar-refractivity contribution in [2.45, 2.75) is 19.6 Å². The lowest BCUT2D eigenvalue weighted by Gasteiger charge is -2.15. The lowest BCUT2D eigenvalue weighted by molar-refractivity contribution is 0.184. The first-order valence-electron chi connectivity index (χ1n) is 10.2. The second-order valence-electron chi connectivity index (χ2n) is 6.84. The fourth-order valence-corrected chi connectivity index (χ4v) is 4.11. The Bertz CT molecular complexity index is 972. The number of ether oxygens (including phenoxy) is 2. The molecular weight excluding hydrogens is 414 g/mol. The van der Waals surface area contributed by atoms with Crippen LogP contribution in [0.5, 0.6) is 11.5 Å². The second-order valence-corrected chi connectivity index (χ2v) is 7.95. The lowest BCUT2D eigenvalue weighted by atomic mass is 10.2. The normalized spacial score (nSPS) is 12.6. The van der Waals surface area contributed by atoms with Gasteiger partial charge in [-0.1, -0.05) is 24.3 Å². The zero-order valence-electron chi connectivity index (χ0n) is 17.8. The Morgan fingerprint density at radius 1 is 1.13 bits per heavy atom. The van der Waals surface area contributed by atoms with Crippen LogP contribution >= 0.6 is 11.3 Å². The van der Waals surface area contributed by atoms with E-state index < -0.39 is 6.10 Å². The summed E-state index contributed by atoms with van der Waals surface area (Å²) in [5, 5.41) is 27.1. The number of guanidine groups is 1. The van der Waals surface area contributed by atoms with Crippen molar-refractivity contribution >= 4 is 27.4 Å². The predicted octanol–water partition coefficient (Wildman–Crippen LogP) is 3.07. The van der Waals surface area contributed by atoms with Crippen LogP contribution in [0.15, 0.2) is 53.5 Å². The number of thiophene rings is 1. The number of aliphatic hydroxyl groups excluding tert-OH is 2. The molecule has 0 bridgehead atoms. The van der Waals surface area contributed by atoms with Gasteiger partial charge >= 0.3 is 0 Å². The first-order valence-corrected chi connectivity index (χ1v) is 11.1. The maximum absolute atomic E-state index is 10.6. The number of benzene rings is 2. The van der Waals surface area contributed by atoms with E-state index in [-0.39, 0.29) is 13.2 Å². The van der Waals surface area contributed by atoms with Crippen LogP contribution in [-0.2, 0) is 6.54 Å². The monoisotopic (exact) mass is 443 g/mol. The third kappa shape index (κ3) is 6.33. The van der Waals surface area contributed by atoms with Gasteiger partial charge < -0.3 is 30.3 Å². The summed E-state index contributed by atoms with van der Waals surface area (Å²) in [6.07, 6.45) is -0.621. The maximum Gasteiger partial charge on any atom is 0.191 e. The molecule has 0 saturated heterocycles. The van der Waals surface area contributed by atoms with Gasteiger partial charge in [0.25, 0.3) is 0 Å². The molecule has 7 nitrogen and oxygen atoms in total. The molecule has 31 heavy (non-hydrogen) atoms. The van der Waals surface area contributed by atoms with Gasteiger partial charge in [-0.05, 0) is 42.1 Å². The van der Waals surface area contributed by atoms with Crippen molar-refractivity contribution in [2.75, 3.05) is 33.4 Å². The van der Waals surface area contributed by atoms with Gasteiger partial charge in [-0.15, -0.1) is 11.3 Å². The second kappa shape index (κ2) is 11.5. The Labute approximate surface area is 186 Å². The molecule has 1 heterocycles. The Kier molecular flexibility index (Phi) is 8.52. The highest BCUT2D eigenvalue weighted by Crippen LogP contribution is 2.30. The van der Waals surface area contributed by atoms with Gasteiger partial charge in [-0.3, -0.25) is 0 Å². The van der Waals surface area contributed by atoms with E-state index in [0.717, 1.165) is 20.5 Å². The number of hydrogen-bond donors (Lipinski definition) is 4. The smallest absolute Gasteiger partial charge is 0.191 e. The molecule has 0 aliphatic carbocycles. The molecule has 0 radical (unpaired) electrons. The largest absolute Gasteiger partial charge is 0.493 e. The van der Waals surface area contributed by atoms with Crippen molar-refractivity contribution in [2.24, 2.45) is 4.99 Å². The number of nitrogens with zero attached hydrogens (tertiary/aromatic N) is 1. The minimum Gasteiger partial charge on any atom is -0.493 e. The molecule has 1 unspecified atom stereocenters. The molecule has 166 valence electrons. The maximum atomic E-state index is 10.6. The Hall–Kier alpha value is -2.81. The van der Waals surface area contributed by atoms with Gasteiger partial charge in [0.1, 0.15) is 12.7 Å².